The van der Waals surface area contributed by atoms with Crippen LogP contribution in [-0.2, 0) is 16.1 Å². The monoisotopic (exact) mass is 376 g/mol. The first-order valence-corrected chi connectivity index (χ1v) is 8.33. The van der Waals surface area contributed by atoms with E-state index in [4.69, 9.17) is 9.47 Å². The number of hydrogen-bond donors (Lipinski definition) is 1. The van der Waals surface area contributed by atoms with Crippen LogP contribution in [-0.4, -0.2) is 25.2 Å². The molecule has 2 aromatic rings. The lowest BCUT2D eigenvalue weighted by molar-refractivity contribution is -0.121. The summed E-state index contributed by atoms with van der Waals surface area (Å²) in [6.45, 7) is 1.47. The second kappa shape index (κ2) is 8.03. The van der Waals surface area contributed by atoms with Crippen LogP contribution in [0.2, 0.25) is 0 Å². The molecule has 0 aliphatic carbocycles. The lowest BCUT2D eigenvalue weighted by Crippen LogP contribution is -2.34. The molecule has 0 bridgehead atoms. The Morgan fingerprint density at radius 1 is 1.11 bits per heavy atom. The molecule has 0 unspecified atom stereocenters. The van der Waals surface area contributed by atoms with Gasteiger partial charge in [-0.25, -0.2) is 8.78 Å². The molecule has 0 aromatic heterocycles. The third kappa shape index (κ3) is 4.33. The fraction of sp³-hybridized carbons (Fsp3) is 0.263. The Hall–Kier alpha value is -3.16. The Kier molecular flexibility index (Phi) is 5.54. The van der Waals surface area contributed by atoms with Crippen LogP contribution in [0.4, 0.5) is 14.5 Å². The van der Waals surface area contributed by atoms with Crippen LogP contribution in [0.15, 0.2) is 36.4 Å². The van der Waals surface area contributed by atoms with Crippen LogP contribution in [0.3, 0.4) is 0 Å². The van der Waals surface area contributed by atoms with Gasteiger partial charge in [0.25, 0.3) is 0 Å². The summed E-state index contributed by atoms with van der Waals surface area (Å²) in [5.74, 6) is -1.36. The van der Waals surface area contributed by atoms with Gasteiger partial charge in [-0.1, -0.05) is 12.1 Å². The Morgan fingerprint density at radius 2 is 1.81 bits per heavy atom. The molecular formula is C19H18F2N2O4. The van der Waals surface area contributed by atoms with Crippen molar-refractivity contribution in [2.75, 3.05) is 18.2 Å². The maximum atomic E-state index is 13.9. The van der Waals surface area contributed by atoms with Gasteiger partial charge in [0.1, 0.15) is 17.3 Å². The molecule has 27 heavy (non-hydrogen) atoms. The second-order valence-electron chi connectivity index (χ2n) is 5.96. The van der Waals surface area contributed by atoms with E-state index in [1.165, 1.54) is 13.0 Å². The minimum absolute atomic E-state index is 0.0993. The predicted octanol–water partition coefficient (Wildman–Crippen LogP) is 2.75. The quantitative estimate of drug-likeness (QED) is 0.842. The van der Waals surface area contributed by atoms with Crippen LogP contribution < -0.4 is 19.7 Å². The summed E-state index contributed by atoms with van der Waals surface area (Å²) in [5, 5.41) is 2.70. The van der Waals surface area contributed by atoms with E-state index in [2.05, 4.69) is 5.32 Å². The number of carbonyl (C=O) groups is 2. The first-order chi connectivity index (χ1) is 13.0. The SMILES string of the molecule is CC(=O)N(CCC(=O)NCc1ccc2c(c1)OCO2)c1c(F)cccc1F. The Morgan fingerprint density at radius 3 is 2.52 bits per heavy atom. The van der Waals surface area contributed by atoms with Gasteiger partial charge in [-0.2, -0.15) is 0 Å². The zero-order chi connectivity index (χ0) is 19.4. The van der Waals surface area contributed by atoms with E-state index in [9.17, 15) is 18.4 Å². The lowest BCUT2D eigenvalue weighted by Gasteiger charge is -2.22. The molecule has 2 aromatic carbocycles. The molecule has 8 heteroatoms. The topological polar surface area (TPSA) is 67.9 Å². The summed E-state index contributed by atoms with van der Waals surface area (Å²) < 4.78 is 38.3. The van der Waals surface area contributed by atoms with Gasteiger partial charge < -0.3 is 19.7 Å². The number of nitrogens with zero attached hydrogens (tertiary/aromatic N) is 1. The van der Waals surface area contributed by atoms with Crippen LogP contribution in [0.1, 0.15) is 18.9 Å². The second-order valence-corrected chi connectivity index (χ2v) is 5.96. The highest BCUT2D eigenvalue weighted by atomic mass is 19.1. The summed E-state index contributed by atoms with van der Waals surface area (Å²) in [5.41, 5.74) is 0.366. The molecule has 0 saturated carbocycles. The Labute approximate surface area is 154 Å². The number of benzene rings is 2. The van der Waals surface area contributed by atoms with E-state index >= 15 is 0 Å². The van der Waals surface area contributed by atoms with Crippen molar-refractivity contribution in [1.29, 1.82) is 0 Å². The number of anilines is 1. The molecule has 1 aliphatic rings. The van der Waals surface area contributed by atoms with Crippen LogP contribution in [0.5, 0.6) is 11.5 Å². The summed E-state index contributed by atoms with van der Waals surface area (Å²) >= 11 is 0. The number of para-hydroxylation sites is 1. The smallest absolute Gasteiger partial charge is 0.231 e. The highest BCUT2D eigenvalue weighted by Crippen LogP contribution is 2.32. The molecule has 6 nitrogen and oxygen atoms in total. The highest BCUT2D eigenvalue weighted by molar-refractivity contribution is 5.92. The van der Waals surface area contributed by atoms with Gasteiger partial charge in [0, 0.05) is 26.4 Å². The van der Waals surface area contributed by atoms with E-state index in [1.54, 1.807) is 18.2 Å². The fourth-order valence-corrected chi connectivity index (χ4v) is 2.73. The molecule has 0 radical (unpaired) electrons. The molecule has 3 rings (SSSR count). The normalized spacial score (nSPS) is 12.0. The average Bonchev–Trinajstić information content (AvgIpc) is 3.09. The van der Waals surface area contributed by atoms with Crippen molar-refractivity contribution in [3.05, 3.63) is 53.6 Å². The molecule has 0 saturated heterocycles. The van der Waals surface area contributed by atoms with E-state index in [1.807, 2.05) is 0 Å². The van der Waals surface area contributed by atoms with Crippen molar-refractivity contribution in [2.24, 2.45) is 0 Å². The van der Waals surface area contributed by atoms with Gasteiger partial charge in [-0.15, -0.1) is 0 Å². The van der Waals surface area contributed by atoms with Crippen LogP contribution in [0, 0.1) is 11.6 Å². The number of halogens is 2. The molecule has 2 amide bonds. The number of fused-ring (bicyclic) bond motifs is 1. The zero-order valence-electron chi connectivity index (χ0n) is 14.6. The van der Waals surface area contributed by atoms with Crippen molar-refractivity contribution < 1.29 is 27.8 Å². The standard InChI is InChI=1S/C19H18F2N2O4/c1-12(24)23(19-14(20)3-2-4-15(19)21)8-7-18(25)22-10-13-5-6-16-17(9-13)27-11-26-16/h2-6,9H,7-8,10-11H2,1H3,(H,22,25). The summed E-state index contributed by atoms with van der Waals surface area (Å²) in [6.07, 6.45) is -0.0993. The molecule has 1 aliphatic heterocycles. The van der Waals surface area contributed by atoms with Crippen molar-refractivity contribution in [3.63, 3.8) is 0 Å². The molecule has 142 valence electrons. The lowest BCUT2D eigenvalue weighted by atomic mass is 10.2. The minimum Gasteiger partial charge on any atom is -0.454 e. The minimum atomic E-state index is -0.856. The maximum Gasteiger partial charge on any atom is 0.231 e. The van der Waals surface area contributed by atoms with Gasteiger partial charge in [-0.3, -0.25) is 9.59 Å². The fourth-order valence-electron chi connectivity index (χ4n) is 2.73. The van der Waals surface area contributed by atoms with Crippen LogP contribution in [0.25, 0.3) is 0 Å². The van der Waals surface area contributed by atoms with E-state index in [0.717, 1.165) is 22.6 Å². The molecule has 0 atom stereocenters. The number of ether oxygens (including phenoxy) is 2. The first-order valence-electron chi connectivity index (χ1n) is 8.33. The first kappa shape index (κ1) is 18.6. The van der Waals surface area contributed by atoms with Gasteiger partial charge in [-0.05, 0) is 29.8 Å². The molecular weight excluding hydrogens is 358 g/mol. The highest BCUT2D eigenvalue weighted by Gasteiger charge is 2.21. The molecule has 0 fully saturated rings. The largest absolute Gasteiger partial charge is 0.454 e. The predicted molar refractivity (Wildman–Crippen MR) is 93.4 cm³/mol. The Bertz CT molecular complexity index is 853. The van der Waals surface area contributed by atoms with E-state index < -0.39 is 23.2 Å². The van der Waals surface area contributed by atoms with Crippen LogP contribution >= 0.6 is 0 Å². The zero-order valence-corrected chi connectivity index (χ0v) is 14.6. The molecule has 0 spiro atoms. The van der Waals surface area contributed by atoms with Crippen molar-refractivity contribution in [1.82, 2.24) is 5.32 Å². The summed E-state index contributed by atoms with van der Waals surface area (Å²) in [6, 6.07) is 8.65. The van der Waals surface area contributed by atoms with Crippen molar-refractivity contribution in [3.8, 4) is 11.5 Å². The van der Waals surface area contributed by atoms with Gasteiger partial charge in [0.15, 0.2) is 11.5 Å². The molecule has 1 N–H and O–H groups in total. The summed E-state index contributed by atoms with van der Waals surface area (Å²) in [4.78, 5) is 24.8. The van der Waals surface area contributed by atoms with Gasteiger partial charge in [0.2, 0.25) is 18.6 Å². The Balaban J connectivity index is 1.58. The van der Waals surface area contributed by atoms with Crippen molar-refractivity contribution in [2.45, 2.75) is 19.9 Å². The number of nitrogens with one attached hydrogen (secondary N) is 1. The van der Waals surface area contributed by atoms with E-state index in [-0.39, 0.29) is 32.2 Å². The summed E-state index contributed by atoms with van der Waals surface area (Å²) in [7, 11) is 0. The number of carbonyl (C=O) groups excluding carboxylic acids is 2. The van der Waals surface area contributed by atoms with E-state index in [0.29, 0.717) is 11.5 Å². The van der Waals surface area contributed by atoms with Gasteiger partial charge in [0.05, 0.1) is 0 Å². The number of hydrogen-bond acceptors (Lipinski definition) is 4. The number of rotatable bonds is 6. The number of amides is 2. The third-order valence-electron chi connectivity index (χ3n) is 4.08. The average molecular weight is 376 g/mol. The maximum absolute atomic E-state index is 13.9. The van der Waals surface area contributed by atoms with Gasteiger partial charge >= 0.3 is 0 Å². The molecule has 1 heterocycles. The van der Waals surface area contributed by atoms with Crippen molar-refractivity contribution >= 4 is 17.5 Å². The third-order valence-corrected chi connectivity index (χ3v) is 4.08.